The molecule has 3 heterocycles. The molecule has 0 bridgehead atoms. The van der Waals surface area contributed by atoms with Crippen molar-refractivity contribution in [2.75, 3.05) is 37.0 Å². The van der Waals surface area contributed by atoms with Gasteiger partial charge in [-0.2, -0.15) is 0 Å². The molecule has 0 aliphatic carbocycles. The number of ether oxygens (including phenoxy) is 1. The first-order valence-electron chi connectivity index (χ1n) is 18.9. The van der Waals surface area contributed by atoms with Gasteiger partial charge in [-0.05, 0) is 48.6 Å². The molecular weight excluding hydrogens is 849 g/mol. The van der Waals surface area contributed by atoms with Crippen molar-refractivity contribution < 1.29 is 9.53 Å². The molecule has 0 spiro atoms. The molecule has 0 amide bonds. The van der Waals surface area contributed by atoms with Gasteiger partial charge in [0.25, 0.3) is 0 Å². The van der Waals surface area contributed by atoms with Crippen LogP contribution in [0.25, 0.3) is 60.5 Å². The van der Waals surface area contributed by atoms with E-state index in [1.807, 2.05) is 69.3 Å². The molecule has 3 aromatic heterocycles. The highest BCUT2D eigenvalue weighted by atomic mass is 32.2. The van der Waals surface area contributed by atoms with Gasteiger partial charge in [0.05, 0.1) is 6.54 Å². The summed E-state index contributed by atoms with van der Waals surface area (Å²) in [4.78, 5) is 15.6. The van der Waals surface area contributed by atoms with Crippen molar-refractivity contribution >= 4 is 153 Å². The number of carbonyl (C=O) groups is 1. The Morgan fingerprint density at radius 1 is 0.586 bits per heavy atom. The fourth-order valence-electron chi connectivity index (χ4n) is 7.18. The monoisotopic (exact) mass is 886 g/mol. The number of thioether (sulfide) groups is 3. The summed E-state index contributed by atoms with van der Waals surface area (Å²) in [6.07, 6.45) is 1.18. The zero-order chi connectivity index (χ0) is 39.5. The van der Waals surface area contributed by atoms with E-state index in [2.05, 4.69) is 145 Å². The number of esters is 1. The third-order valence-electron chi connectivity index (χ3n) is 10.1. The van der Waals surface area contributed by atoms with Crippen LogP contribution >= 0.6 is 81.5 Å². The number of thiophene rings is 3. The summed E-state index contributed by atoms with van der Waals surface area (Å²) in [6.45, 7) is 4.77. The van der Waals surface area contributed by atoms with Crippen LogP contribution in [0.4, 0.5) is 0 Å². The minimum absolute atomic E-state index is 0.205. The van der Waals surface area contributed by atoms with Crippen LogP contribution in [0, 0.1) is 5.41 Å². The van der Waals surface area contributed by atoms with Crippen LogP contribution in [0.2, 0.25) is 0 Å². The Kier molecular flexibility index (Phi) is 12.0. The molecule has 0 radical (unpaired) electrons. The minimum Gasteiger partial charge on any atom is -0.461 e. The fraction of sp³-hybridized carbons (Fsp3) is 0.149. The van der Waals surface area contributed by atoms with E-state index in [9.17, 15) is 4.79 Å². The molecule has 58 heavy (non-hydrogen) atoms. The molecule has 9 rings (SSSR count). The zero-order valence-corrected chi connectivity index (χ0v) is 37.0. The molecule has 0 aliphatic rings. The van der Waals surface area contributed by atoms with Gasteiger partial charge in [0.1, 0.15) is 6.61 Å². The molecule has 0 fully saturated rings. The Balaban J connectivity index is 1.07. The van der Waals surface area contributed by atoms with Crippen molar-refractivity contribution in [3.63, 3.8) is 0 Å². The van der Waals surface area contributed by atoms with Crippen molar-refractivity contribution in [3.05, 3.63) is 140 Å². The topological polar surface area (TPSA) is 50.4 Å². The van der Waals surface area contributed by atoms with E-state index in [1.54, 1.807) is 0 Å². The van der Waals surface area contributed by atoms with Gasteiger partial charge in [-0.25, -0.2) is 4.79 Å². The lowest BCUT2D eigenvalue weighted by Crippen LogP contribution is -2.46. The highest BCUT2D eigenvalue weighted by molar-refractivity contribution is 8.01. The molecular formula is C47H38N2O2S7. The van der Waals surface area contributed by atoms with Gasteiger partial charge in [0.15, 0.2) is 5.11 Å². The molecule has 6 aromatic carbocycles. The molecule has 11 heteroatoms. The Bertz CT molecular complexity index is 2680. The second-order valence-corrected chi connectivity index (χ2v) is 20.7. The van der Waals surface area contributed by atoms with E-state index >= 15 is 0 Å². The maximum atomic E-state index is 11.7. The van der Waals surface area contributed by atoms with E-state index in [-0.39, 0.29) is 12.0 Å². The normalized spacial score (nSPS) is 11.9. The summed E-state index contributed by atoms with van der Waals surface area (Å²) in [5.41, 5.74) is -0.225. The summed E-state index contributed by atoms with van der Waals surface area (Å²) in [6, 6.07) is 46.4. The van der Waals surface area contributed by atoms with Crippen LogP contribution in [-0.4, -0.2) is 48.0 Å². The number of hydrogen-bond donors (Lipinski definition) is 2. The zero-order valence-electron chi connectivity index (χ0n) is 31.3. The van der Waals surface area contributed by atoms with Crippen LogP contribution in [0.1, 0.15) is 0 Å². The van der Waals surface area contributed by atoms with Crippen LogP contribution in [0.15, 0.2) is 155 Å². The number of benzene rings is 6. The lowest BCUT2D eigenvalue weighted by Gasteiger charge is -2.34. The van der Waals surface area contributed by atoms with E-state index in [1.165, 1.54) is 81.3 Å². The number of nitrogens with one attached hydrogen (secondary N) is 2. The molecule has 0 atom stereocenters. The van der Waals surface area contributed by atoms with Crippen LogP contribution in [0.3, 0.4) is 0 Å². The molecule has 2 N–H and O–H groups in total. The second-order valence-electron chi connectivity index (χ2n) is 14.0. The molecule has 0 saturated heterocycles. The highest BCUT2D eigenvalue weighted by Crippen LogP contribution is 2.47. The third kappa shape index (κ3) is 8.23. The maximum Gasteiger partial charge on any atom is 0.330 e. The SMILES string of the molecule is C=CC(=O)OCCNC(=S)NCC(CSc1cccc2c1sc1ccccc12)(CSc1cccc2c1sc1ccccc12)CSc1cccc2c1sc1ccccc12. The van der Waals surface area contributed by atoms with Crippen LogP contribution < -0.4 is 10.6 Å². The summed E-state index contributed by atoms with van der Waals surface area (Å²) < 4.78 is 13.2. The summed E-state index contributed by atoms with van der Waals surface area (Å²) in [5.74, 6) is 2.18. The van der Waals surface area contributed by atoms with Gasteiger partial charge in [0, 0.05) is 110 Å². The fourth-order valence-corrected chi connectivity index (χ4v) is 15.5. The molecule has 0 saturated carbocycles. The van der Waals surface area contributed by atoms with Gasteiger partial charge in [-0.3, -0.25) is 0 Å². The molecule has 290 valence electrons. The number of carbonyl (C=O) groups excluding carboxylic acids is 1. The van der Waals surface area contributed by atoms with Crippen molar-refractivity contribution in [2.45, 2.75) is 14.7 Å². The Labute approximate surface area is 367 Å². The summed E-state index contributed by atoms with van der Waals surface area (Å²) in [7, 11) is 0. The van der Waals surface area contributed by atoms with E-state index < -0.39 is 5.97 Å². The van der Waals surface area contributed by atoms with Crippen LogP contribution in [0.5, 0.6) is 0 Å². The summed E-state index contributed by atoms with van der Waals surface area (Å²) >= 11 is 17.4. The van der Waals surface area contributed by atoms with E-state index in [4.69, 9.17) is 17.0 Å². The van der Waals surface area contributed by atoms with Crippen molar-refractivity contribution in [1.29, 1.82) is 0 Å². The third-order valence-corrected chi connectivity index (χ3v) is 18.7. The van der Waals surface area contributed by atoms with E-state index in [0.29, 0.717) is 18.2 Å². The van der Waals surface area contributed by atoms with Gasteiger partial charge in [0.2, 0.25) is 0 Å². The average molecular weight is 887 g/mol. The minimum atomic E-state index is -0.443. The van der Waals surface area contributed by atoms with Crippen molar-refractivity contribution in [2.24, 2.45) is 5.41 Å². The first-order chi connectivity index (χ1) is 28.5. The quantitative estimate of drug-likeness (QED) is 0.0347. The largest absolute Gasteiger partial charge is 0.461 e. The number of thiocarbonyl (C=S) groups is 1. The average Bonchev–Trinajstić information content (AvgIpc) is 3.97. The Hall–Kier alpha value is -4.07. The summed E-state index contributed by atoms with van der Waals surface area (Å²) in [5, 5.41) is 15.3. The van der Waals surface area contributed by atoms with Gasteiger partial charge in [-0.15, -0.1) is 69.3 Å². The van der Waals surface area contributed by atoms with Crippen molar-refractivity contribution in [3.8, 4) is 0 Å². The Morgan fingerprint density at radius 3 is 1.40 bits per heavy atom. The number of hydrogen-bond acceptors (Lipinski definition) is 9. The van der Waals surface area contributed by atoms with Gasteiger partial charge < -0.3 is 15.4 Å². The van der Waals surface area contributed by atoms with Crippen molar-refractivity contribution in [1.82, 2.24) is 10.6 Å². The standard InChI is InChI=1S/C47H38N2O2S7/c1-2-42(50)51-25-24-48-46(52)49-26-47(27-53-39-21-9-15-33-30-12-3-6-18-36(30)56-43(33)39,28-54-40-22-10-16-34-31-13-4-7-19-37(31)57-44(34)40)29-55-41-23-11-17-35-32-14-5-8-20-38(32)58-45(35)41/h2-23H,1,24-29H2,(H2,48,49,52). The molecule has 0 aliphatic heterocycles. The van der Waals surface area contributed by atoms with E-state index in [0.717, 1.165) is 17.3 Å². The smallest absolute Gasteiger partial charge is 0.330 e. The maximum absolute atomic E-state index is 11.7. The first-order valence-corrected chi connectivity index (χ1v) is 24.7. The lowest BCUT2D eigenvalue weighted by atomic mass is 9.96. The van der Waals surface area contributed by atoms with Crippen LogP contribution in [-0.2, 0) is 9.53 Å². The predicted octanol–water partition coefficient (Wildman–Crippen LogP) is 13.6. The lowest BCUT2D eigenvalue weighted by molar-refractivity contribution is -0.137. The Morgan fingerprint density at radius 2 is 0.983 bits per heavy atom. The molecule has 4 nitrogen and oxygen atoms in total. The molecule has 9 aromatic rings. The number of fused-ring (bicyclic) bond motifs is 9. The molecule has 0 unspecified atom stereocenters. The number of rotatable bonds is 15. The first kappa shape index (κ1) is 39.4. The van der Waals surface area contributed by atoms with Gasteiger partial charge >= 0.3 is 5.97 Å². The predicted molar refractivity (Wildman–Crippen MR) is 262 cm³/mol. The highest BCUT2D eigenvalue weighted by Gasteiger charge is 2.33. The van der Waals surface area contributed by atoms with Gasteiger partial charge in [-0.1, -0.05) is 97.6 Å². The second kappa shape index (κ2) is 17.6.